The van der Waals surface area contributed by atoms with Crippen LogP contribution in [0.5, 0.6) is 5.75 Å². The lowest BCUT2D eigenvalue weighted by Gasteiger charge is -2.14. The number of para-hydroxylation sites is 1. The van der Waals surface area contributed by atoms with Crippen molar-refractivity contribution in [1.82, 2.24) is 4.57 Å². The minimum absolute atomic E-state index is 0.348. The average molecular weight is 376 g/mol. The second-order valence-corrected chi connectivity index (χ2v) is 5.76. The SMILES string of the molecule is COc1cccc2c(=O)n(CC(=O)Nc3ccccc3C(F)(F)F)ccc12. The number of hydrogen-bond acceptors (Lipinski definition) is 3. The third-order valence-electron chi connectivity index (χ3n) is 4.02. The Hall–Kier alpha value is -3.29. The topological polar surface area (TPSA) is 60.3 Å². The predicted molar refractivity (Wildman–Crippen MR) is 94.8 cm³/mol. The fourth-order valence-corrected chi connectivity index (χ4v) is 2.78. The van der Waals surface area contributed by atoms with Gasteiger partial charge in [0.05, 0.1) is 23.7 Å². The van der Waals surface area contributed by atoms with E-state index in [4.69, 9.17) is 4.74 Å². The van der Waals surface area contributed by atoms with Crippen LogP contribution in [0, 0.1) is 0 Å². The molecule has 0 unspecified atom stereocenters. The van der Waals surface area contributed by atoms with E-state index in [9.17, 15) is 22.8 Å². The second-order valence-electron chi connectivity index (χ2n) is 5.76. The zero-order valence-corrected chi connectivity index (χ0v) is 14.2. The van der Waals surface area contributed by atoms with Crippen molar-refractivity contribution in [2.75, 3.05) is 12.4 Å². The maximum absolute atomic E-state index is 13.0. The highest BCUT2D eigenvalue weighted by Gasteiger charge is 2.33. The minimum Gasteiger partial charge on any atom is -0.496 e. The Morgan fingerprint density at radius 1 is 1.07 bits per heavy atom. The molecule has 8 heteroatoms. The molecule has 0 atom stereocenters. The Morgan fingerprint density at radius 2 is 1.81 bits per heavy atom. The van der Waals surface area contributed by atoms with E-state index in [-0.39, 0.29) is 5.69 Å². The first-order chi connectivity index (χ1) is 12.8. The van der Waals surface area contributed by atoms with Gasteiger partial charge in [-0.05, 0) is 30.3 Å². The average Bonchev–Trinajstić information content (AvgIpc) is 2.63. The van der Waals surface area contributed by atoms with Crippen LogP contribution in [0.4, 0.5) is 18.9 Å². The van der Waals surface area contributed by atoms with Crippen LogP contribution >= 0.6 is 0 Å². The Morgan fingerprint density at radius 3 is 2.52 bits per heavy atom. The number of ether oxygens (including phenoxy) is 1. The molecule has 1 aromatic heterocycles. The summed E-state index contributed by atoms with van der Waals surface area (Å²) < 4.78 is 45.4. The Kier molecular flexibility index (Phi) is 4.89. The van der Waals surface area contributed by atoms with Crippen LogP contribution < -0.4 is 15.6 Å². The van der Waals surface area contributed by atoms with Gasteiger partial charge in [-0.3, -0.25) is 9.59 Å². The van der Waals surface area contributed by atoms with Crippen molar-refractivity contribution in [1.29, 1.82) is 0 Å². The smallest absolute Gasteiger partial charge is 0.418 e. The number of nitrogens with zero attached hydrogens (tertiary/aromatic N) is 1. The summed E-state index contributed by atoms with van der Waals surface area (Å²) in [5.41, 5.74) is -1.75. The zero-order chi connectivity index (χ0) is 19.6. The molecule has 1 amide bonds. The van der Waals surface area contributed by atoms with E-state index < -0.39 is 29.8 Å². The molecule has 1 heterocycles. The van der Waals surface area contributed by atoms with Crippen LogP contribution in [0.2, 0.25) is 0 Å². The van der Waals surface area contributed by atoms with E-state index in [0.717, 1.165) is 16.7 Å². The fraction of sp³-hybridized carbons (Fsp3) is 0.158. The molecule has 3 rings (SSSR count). The molecule has 0 aliphatic heterocycles. The molecular formula is C19H15F3N2O3. The monoisotopic (exact) mass is 376 g/mol. The van der Waals surface area contributed by atoms with E-state index in [1.165, 1.54) is 25.4 Å². The second kappa shape index (κ2) is 7.14. The van der Waals surface area contributed by atoms with E-state index in [2.05, 4.69) is 5.32 Å². The van der Waals surface area contributed by atoms with Gasteiger partial charge in [-0.2, -0.15) is 13.2 Å². The highest BCUT2D eigenvalue weighted by atomic mass is 19.4. The maximum atomic E-state index is 13.0. The summed E-state index contributed by atoms with van der Waals surface area (Å²) in [6, 6.07) is 11.2. The van der Waals surface area contributed by atoms with Crippen molar-refractivity contribution in [3.05, 3.63) is 70.6 Å². The standard InChI is InChI=1S/C19H15F3N2O3/c1-27-16-8-4-5-13-12(16)9-10-24(18(13)26)11-17(25)23-15-7-3-2-6-14(15)19(20,21)22/h2-10H,11H2,1H3,(H,23,25). The van der Waals surface area contributed by atoms with E-state index in [1.807, 2.05) is 0 Å². The lowest BCUT2D eigenvalue weighted by Crippen LogP contribution is -2.28. The predicted octanol–water partition coefficient (Wildman–Crippen LogP) is 3.67. The van der Waals surface area contributed by atoms with Crippen LogP contribution in [-0.4, -0.2) is 17.6 Å². The Bertz CT molecular complexity index is 1060. The summed E-state index contributed by atoms with van der Waals surface area (Å²) in [4.78, 5) is 24.8. The van der Waals surface area contributed by atoms with Crippen LogP contribution in [-0.2, 0) is 17.5 Å². The summed E-state index contributed by atoms with van der Waals surface area (Å²) in [6.45, 7) is -0.418. The van der Waals surface area contributed by atoms with Gasteiger partial charge < -0.3 is 14.6 Å². The number of anilines is 1. The van der Waals surface area contributed by atoms with Crippen molar-refractivity contribution in [2.45, 2.75) is 12.7 Å². The molecule has 140 valence electrons. The summed E-state index contributed by atoms with van der Waals surface area (Å²) in [5, 5.41) is 3.15. The number of nitrogens with one attached hydrogen (secondary N) is 1. The number of halogens is 3. The van der Waals surface area contributed by atoms with Crippen LogP contribution in [0.25, 0.3) is 10.8 Å². The molecule has 0 saturated heterocycles. The number of pyridine rings is 1. The summed E-state index contributed by atoms with van der Waals surface area (Å²) in [7, 11) is 1.48. The van der Waals surface area contributed by atoms with Crippen molar-refractivity contribution in [3.8, 4) is 5.75 Å². The number of benzene rings is 2. The summed E-state index contributed by atoms with van der Waals surface area (Å²) in [6.07, 6.45) is -3.19. The number of carbonyl (C=O) groups excluding carboxylic acids is 1. The molecule has 3 aromatic rings. The first kappa shape index (κ1) is 18.5. The number of aromatic nitrogens is 1. The highest BCUT2D eigenvalue weighted by molar-refractivity contribution is 5.92. The van der Waals surface area contributed by atoms with Gasteiger partial charge in [-0.15, -0.1) is 0 Å². The van der Waals surface area contributed by atoms with Crippen LogP contribution in [0.1, 0.15) is 5.56 Å². The number of amides is 1. The van der Waals surface area contributed by atoms with E-state index >= 15 is 0 Å². The van der Waals surface area contributed by atoms with Crippen molar-refractivity contribution < 1.29 is 22.7 Å². The Balaban J connectivity index is 1.88. The molecule has 0 saturated carbocycles. The normalized spacial score (nSPS) is 11.4. The fourth-order valence-electron chi connectivity index (χ4n) is 2.78. The lowest BCUT2D eigenvalue weighted by atomic mass is 10.1. The molecule has 0 fully saturated rings. The molecule has 0 aliphatic rings. The molecular weight excluding hydrogens is 361 g/mol. The number of hydrogen-bond donors (Lipinski definition) is 1. The third kappa shape index (κ3) is 3.79. The summed E-state index contributed by atoms with van der Waals surface area (Å²) in [5.74, 6) is -0.226. The number of carbonyl (C=O) groups is 1. The number of alkyl halides is 3. The lowest BCUT2D eigenvalue weighted by molar-refractivity contribution is -0.137. The van der Waals surface area contributed by atoms with Gasteiger partial charge in [0.2, 0.25) is 5.91 Å². The molecule has 1 N–H and O–H groups in total. The molecule has 27 heavy (non-hydrogen) atoms. The zero-order valence-electron chi connectivity index (χ0n) is 14.2. The molecule has 0 spiro atoms. The van der Waals surface area contributed by atoms with Gasteiger partial charge >= 0.3 is 6.18 Å². The van der Waals surface area contributed by atoms with Gasteiger partial charge in [0, 0.05) is 11.6 Å². The van der Waals surface area contributed by atoms with Gasteiger partial charge in [0.15, 0.2) is 0 Å². The first-order valence-electron chi connectivity index (χ1n) is 7.93. The van der Waals surface area contributed by atoms with E-state index in [1.54, 1.807) is 24.3 Å². The maximum Gasteiger partial charge on any atom is 0.418 e. The third-order valence-corrected chi connectivity index (χ3v) is 4.02. The highest BCUT2D eigenvalue weighted by Crippen LogP contribution is 2.34. The van der Waals surface area contributed by atoms with Crippen LogP contribution in [0.15, 0.2) is 59.5 Å². The van der Waals surface area contributed by atoms with Crippen molar-refractivity contribution in [2.24, 2.45) is 0 Å². The number of fused-ring (bicyclic) bond motifs is 1. The molecule has 5 nitrogen and oxygen atoms in total. The van der Waals surface area contributed by atoms with Crippen LogP contribution in [0.3, 0.4) is 0 Å². The largest absolute Gasteiger partial charge is 0.496 e. The first-order valence-corrected chi connectivity index (χ1v) is 7.93. The quantitative estimate of drug-likeness (QED) is 0.756. The summed E-state index contributed by atoms with van der Waals surface area (Å²) >= 11 is 0. The van der Waals surface area contributed by atoms with Gasteiger partial charge in [-0.25, -0.2) is 0 Å². The number of methoxy groups -OCH3 is 1. The van der Waals surface area contributed by atoms with Gasteiger partial charge in [0.25, 0.3) is 5.56 Å². The molecule has 0 bridgehead atoms. The molecule has 0 aliphatic carbocycles. The number of rotatable bonds is 4. The Labute approximate surface area is 152 Å². The van der Waals surface area contributed by atoms with Crippen molar-refractivity contribution >= 4 is 22.4 Å². The minimum atomic E-state index is -4.60. The van der Waals surface area contributed by atoms with Gasteiger partial charge in [0.1, 0.15) is 12.3 Å². The van der Waals surface area contributed by atoms with Crippen molar-refractivity contribution in [3.63, 3.8) is 0 Å². The van der Waals surface area contributed by atoms with Gasteiger partial charge in [-0.1, -0.05) is 18.2 Å². The molecule has 0 radical (unpaired) electrons. The molecule has 2 aromatic carbocycles. The van der Waals surface area contributed by atoms with E-state index in [0.29, 0.717) is 16.5 Å².